The number of ether oxygens (including phenoxy) is 1. The number of halogens is 2. The third-order valence-electron chi connectivity index (χ3n) is 6.21. The van der Waals surface area contributed by atoms with E-state index in [1.165, 1.54) is 6.42 Å². The summed E-state index contributed by atoms with van der Waals surface area (Å²) < 4.78 is 5.34. The Morgan fingerprint density at radius 1 is 1.09 bits per heavy atom. The molecule has 1 atom stereocenters. The SMILES string of the molecule is CC[C@H](C(=O)NC1CCCCC1)N(Cc1cccc(OC)c1)C(=O)Cc1c(Cl)cccc1Cl. The Hall–Kier alpha value is -2.24. The molecule has 0 bridgehead atoms. The van der Waals surface area contributed by atoms with Gasteiger partial charge in [0.25, 0.3) is 0 Å². The number of methoxy groups -OCH3 is 1. The number of amides is 2. The lowest BCUT2D eigenvalue weighted by molar-refractivity contribution is -0.141. The van der Waals surface area contributed by atoms with Gasteiger partial charge in [-0.2, -0.15) is 0 Å². The fraction of sp³-hybridized carbons (Fsp3) is 0.462. The molecule has 0 aliphatic heterocycles. The molecule has 1 saturated carbocycles. The van der Waals surface area contributed by atoms with Crippen LogP contribution in [-0.2, 0) is 22.6 Å². The Bertz CT molecular complexity index is 940. The normalized spacial score (nSPS) is 15.0. The molecule has 1 fully saturated rings. The van der Waals surface area contributed by atoms with E-state index in [0.717, 1.165) is 31.2 Å². The highest BCUT2D eigenvalue weighted by atomic mass is 35.5. The van der Waals surface area contributed by atoms with Crippen LogP contribution >= 0.6 is 23.2 Å². The minimum Gasteiger partial charge on any atom is -0.497 e. The Labute approximate surface area is 206 Å². The Morgan fingerprint density at radius 2 is 1.76 bits per heavy atom. The van der Waals surface area contributed by atoms with Crippen molar-refractivity contribution in [2.24, 2.45) is 0 Å². The first kappa shape index (κ1) is 25.4. The Balaban J connectivity index is 1.86. The third kappa shape index (κ3) is 6.87. The molecule has 33 heavy (non-hydrogen) atoms. The first-order valence-corrected chi connectivity index (χ1v) is 12.3. The van der Waals surface area contributed by atoms with Crippen molar-refractivity contribution in [1.82, 2.24) is 10.2 Å². The summed E-state index contributed by atoms with van der Waals surface area (Å²) in [6.45, 7) is 2.22. The van der Waals surface area contributed by atoms with Gasteiger partial charge in [-0.3, -0.25) is 9.59 Å². The van der Waals surface area contributed by atoms with Crippen LogP contribution in [-0.4, -0.2) is 35.9 Å². The highest BCUT2D eigenvalue weighted by Crippen LogP contribution is 2.27. The summed E-state index contributed by atoms with van der Waals surface area (Å²) >= 11 is 12.7. The quantitative estimate of drug-likeness (QED) is 0.482. The van der Waals surface area contributed by atoms with E-state index in [4.69, 9.17) is 27.9 Å². The fourth-order valence-corrected chi connectivity index (χ4v) is 4.92. The number of rotatable bonds is 9. The van der Waals surface area contributed by atoms with Gasteiger partial charge < -0.3 is 15.0 Å². The Morgan fingerprint density at radius 3 is 2.39 bits per heavy atom. The molecule has 2 amide bonds. The molecule has 0 spiro atoms. The van der Waals surface area contributed by atoms with Crippen molar-refractivity contribution in [2.75, 3.05) is 7.11 Å². The second kappa shape index (κ2) is 12.3. The molecule has 0 aromatic heterocycles. The minimum atomic E-state index is -0.591. The monoisotopic (exact) mass is 490 g/mol. The van der Waals surface area contributed by atoms with Crippen molar-refractivity contribution in [3.63, 3.8) is 0 Å². The molecule has 0 radical (unpaired) electrons. The van der Waals surface area contributed by atoms with Crippen molar-refractivity contribution in [3.05, 3.63) is 63.6 Å². The molecule has 0 saturated heterocycles. The molecular weight excluding hydrogens is 459 g/mol. The van der Waals surface area contributed by atoms with Crippen LogP contribution in [0, 0.1) is 0 Å². The summed E-state index contributed by atoms with van der Waals surface area (Å²) in [4.78, 5) is 28.5. The number of carbonyl (C=O) groups is 2. The summed E-state index contributed by atoms with van der Waals surface area (Å²) in [5.41, 5.74) is 1.46. The van der Waals surface area contributed by atoms with E-state index in [1.54, 1.807) is 30.2 Å². The molecule has 178 valence electrons. The van der Waals surface area contributed by atoms with Gasteiger partial charge in [0, 0.05) is 22.6 Å². The zero-order valence-electron chi connectivity index (χ0n) is 19.3. The van der Waals surface area contributed by atoms with E-state index in [-0.39, 0.29) is 30.8 Å². The van der Waals surface area contributed by atoms with Crippen LogP contribution < -0.4 is 10.1 Å². The molecule has 3 rings (SSSR count). The van der Waals surface area contributed by atoms with Crippen molar-refractivity contribution in [2.45, 2.75) is 70.5 Å². The lowest BCUT2D eigenvalue weighted by Gasteiger charge is -2.33. The maximum Gasteiger partial charge on any atom is 0.243 e. The van der Waals surface area contributed by atoms with E-state index in [0.29, 0.717) is 27.8 Å². The van der Waals surface area contributed by atoms with Crippen molar-refractivity contribution in [3.8, 4) is 5.75 Å². The summed E-state index contributed by atoms with van der Waals surface area (Å²) in [5, 5.41) is 4.07. The average Bonchev–Trinajstić information content (AvgIpc) is 2.82. The predicted molar refractivity (Wildman–Crippen MR) is 133 cm³/mol. The van der Waals surface area contributed by atoms with E-state index < -0.39 is 6.04 Å². The van der Waals surface area contributed by atoms with Gasteiger partial charge >= 0.3 is 0 Å². The van der Waals surface area contributed by atoms with Gasteiger partial charge in [-0.1, -0.05) is 67.6 Å². The van der Waals surface area contributed by atoms with Crippen LogP contribution in [0.15, 0.2) is 42.5 Å². The molecular formula is C26H32Cl2N2O3. The van der Waals surface area contributed by atoms with Crippen LogP contribution in [0.3, 0.4) is 0 Å². The van der Waals surface area contributed by atoms with Crippen LogP contribution in [0.4, 0.5) is 0 Å². The predicted octanol–water partition coefficient (Wildman–Crippen LogP) is 5.80. The zero-order chi connectivity index (χ0) is 23.8. The summed E-state index contributed by atoms with van der Waals surface area (Å²) in [5.74, 6) is 0.401. The standard InChI is InChI=1S/C26H32Cl2N2O3/c1-3-24(26(32)29-19-10-5-4-6-11-19)30(17-18-9-7-12-20(15-18)33-2)25(31)16-21-22(27)13-8-14-23(21)28/h7-9,12-15,19,24H,3-6,10-11,16-17H2,1-2H3,(H,29,32)/t24-/m1/s1. The van der Waals surface area contributed by atoms with Crippen molar-refractivity contribution < 1.29 is 14.3 Å². The zero-order valence-corrected chi connectivity index (χ0v) is 20.8. The molecule has 0 heterocycles. The molecule has 2 aromatic rings. The van der Waals surface area contributed by atoms with Crippen LogP contribution in [0.5, 0.6) is 5.75 Å². The van der Waals surface area contributed by atoms with Gasteiger partial charge in [0.1, 0.15) is 11.8 Å². The van der Waals surface area contributed by atoms with Gasteiger partial charge in [-0.25, -0.2) is 0 Å². The fourth-order valence-electron chi connectivity index (χ4n) is 4.39. The first-order valence-electron chi connectivity index (χ1n) is 11.6. The minimum absolute atomic E-state index is 0.0235. The maximum atomic E-state index is 13.6. The molecule has 1 N–H and O–H groups in total. The number of hydrogen-bond acceptors (Lipinski definition) is 3. The lowest BCUT2D eigenvalue weighted by atomic mass is 9.95. The molecule has 1 aliphatic rings. The second-order valence-electron chi connectivity index (χ2n) is 8.52. The van der Waals surface area contributed by atoms with Crippen LogP contribution in [0.1, 0.15) is 56.6 Å². The van der Waals surface area contributed by atoms with Gasteiger partial charge in [-0.05, 0) is 54.7 Å². The lowest BCUT2D eigenvalue weighted by Crippen LogP contribution is -2.52. The van der Waals surface area contributed by atoms with Crippen LogP contribution in [0.25, 0.3) is 0 Å². The maximum absolute atomic E-state index is 13.6. The third-order valence-corrected chi connectivity index (χ3v) is 6.92. The topological polar surface area (TPSA) is 58.6 Å². The summed E-state index contributed by atoms with van der Waals surface area (Å²) in [7, 11) is 1.61. The molecule has 0 unspecified atom stereocenters. The van der Waals surface area contributed by atoms with Crippen molar-refractivity contribution >= 4 is 35.0 Å². The number of benzene rings is 2. The van der Waals surface area contributed by atoms with Gasteiger partial charge in [0.15, 0.2) is 0 Å². The van der Waals surface area contributed by atoms with E-state index >= 15 is 0 Å². The summed E-state index contributed by atoms with van der Waals surface area (Å²) in [6.07, 6.45) is 5.96. The highest BCUT2D eigenvalue weighted by Gasteiger charge is 2.31. The largest absolute Gasteiger partial charge is 0.497 e. The molecule has 5 nitrogen and oxygen atoms in total. The number of hydrogen-bond donors (Lipinski definition) is 1. The number of carbonyl (C=O) groups excluding carboxylic acids is 2. The van der Waals surface area contributed by atoms with E-state index in [2.05, 4.69) is 5.32 Å². The van der Waals surface area contributed by atoms with Gasteiger partial charge in [0.05, 0.1) is 13.5 Å². The molecule has 2 aromatic carbocycles. The van der Waals surface area contributed by atoms with Gasteiger partial charge in [-0.15, -0.1) is 0 Å². The highest BCUT2D eigenvalue weighted by molar-refractivity contribution is 6.36. The van der Waals surface area contributed by atoms with Crippen molar-refractivity contribution in [1.29, 1.82) is 0 Å². The summed E-state index contributed by atoms with van der Waals surface area (Å²) in [6, 6.07) is 12.3. The van der Waals surface area contributed by atoms with Gasteiger partial charge in [0.2, 0.25) is 11.8 Å². The second-order valence-corrected chi connectivity index (χ2v) is 9.33. The van der Waals surface area contributed by atoms with Crippen LogP contribution in [0.2, 0.25) is 10.0 Å². The van der Waals surface area contributed by atoms with E-state index in [9.17, 15) is 9.59 Å². The number of nitrogens with one attached hydrogen (secondary N) is 1. The number of nitrogens with zero attached hydrogens (tertiary/aromatic N) is 1. The molecule has 1 aliphatic carbocycles. The first-order chi connectivity index (χ1) is 15.9. The van der Waals surface area contributed by atoms with E-state index in [1.807, 2.05) is 31.2 Å². The Kier molecular flexibility index (Phi) is 9.45. The average molecular weight is 491 g/mol. The molecule has 7 heteroatoms. The smallest absolute Gasteiger partial charge is 0.243 e.